The molecule has 0 atom stereocenters. The van der Waals surface area contributed by atoms with Gasteiger partial charge in [-0.2, -0.15) is 0 Å². The Morgan fingerprint density at radius 2 is 2.21 bits per heavy atom. The SMILES string of the molecule is c1ccn2c(-c3cc[nH]c3)cnc2c1. The maximum Gasteiger partial charge on any atom is 0.137 e. The summed E-state index contributed by atoms with van der Waals surface area (Å²) in [5.41, 5.74) is 3.24. The van der Waals surface area contributed by atoms with Crippen LogP contribution in [0.3, 0.4) is 0 Å². The fourth-order valence-electron chi connectivity index (χ4n) is 1.63. The van der Waals surface area contributed by atoms with Crippen LogP contribution in [0.1, 0.15) is 0 Å². The molecule has 3 heterocycles. The van der Waals surface area contributed by atoms with Crippen LogP contribution in [0, 0.1) is 0 Å². The van der Waals surface area contributed by atoms with E-state index in [2.05, 4.69) is 14.4 Å². The normalized spacial score (nSPS) is 10.9. The number of imidazole rings is 1. The van der Waals surface area contributed by atoms with Crippen LogP contribution < -0.4 is 0 Å². The Bertz CT molecular complexity index is 549. The van der Waals surface area contributed by atoms with Crippen molar-refractivity contribution in [2.24, 2.45) is 0 Å². The van der Waals surface area contributed by atoms with E-state index < -0.39 is 0 Å². The van der Waals surface area contributed by atoms with Crippen molar-refractivity contribution < 1.29 is 0 Å². The van der Waals surface area contributed by atoms with Gasteiger partial charge in [0.1, 0.15) is 5.65 Å². The average Bonchev–Trinajstić information content (AvgIpc) is 2.85. The molecule has 0 saturated carbocycles. The molecular weight excluding hydrogens is 174 g/mol. The highest BCUT2D eigenvalue weighted by Crippen LogP contribution is 2.19. The van der Waals surface area contributed by atoms with E-state index in [1.165, 1.54) is 0 Å². The number of hydrogen-bond donors (Lipinski definition) is 1. The summed E-state index contributed by atoms with van der Waals surface area (Å²) in [7, 11) is 0. The number of aromatic amines is 1. The molecule has 0 fully saturated rings. The van der Waals surface area contributed by atoms with Gasteiger partial charge in [0.25, 0.3) is 0 Å². The van der Waals surface area contributed by atoms with Crippen LogP contribution in [0.15, 0.2) is 49.1 Å². The molecule has 14 heavy (non-hydrogen) atoms. The number of H-pyrrole nitrogens is 1. The van der Waals surface area contributed by atoms with Gasteiger partial charge in [0, 0.05) is 24.2 Å². The lowest BCUT2D eigenvalue weighted by Crippen LogP contribution is -1.84. The molecule has 3 nitrogen and oxygen atoms in total. The second-order valence-electron chi connectivity index (χ2n) is 3.17. The van der Waals surface area contributed by atoms with E-state index in [9.17, 15) is 0 Å². The van der Waals surface area contributed by atoms with Crippen molar-refractivity contribution in [3.63, 3.8) is 0 Å². The first kappa shape index (κ1) is 7.38. The van der Waals surface area contributed by atoms with Crippen molar-refractivity contribution in [1.29, 1.82) is 0 Å². The number of pyridine rings is 1. The lowest BCUT2D eigenvalue weighted by molar-refractivity contribution is 1.19. The summed E-state index contributed by atoms with van der Waals surface area (Å²) in [6.45, 7) is 0. The zero-order valence-corrected chi connectivity index (χ0v) is 7.51. The summed E-state index contributed by atoms with van der Waals surface area (Å²) in [6.07, 6.45) is 7.79. The predicted molar refractivity (Wildman–Crippen MR) is 55.0 cm³/mol. The number of nitrogens with zero attached hydrogens (tertiary/aromatic N) is 2. The number of fused-ring (bicyclic) bond motifs is 1. The minimum absolute atomic E-state index is 0.976. The van der Waals surface area contributed by atoms with Gasteiger partial charge >= 0.3 is 0 Å². The van der Waals surface area contributed by atoms with Crippen LogP contribution in [-0.2, 0) is 0 Å². The van der Waals surface area contributed by atoms with E-state index in [0.29, 0.717) is 0 Å². The summed E-state index contributed by atoms with van der Waals surface area (Å²) in [5, 5.41) is 0. The molecule has 0 aliphatic rings. The Morgan fingerprint density at radius 3 is 3.07 bits per heavy atom. The Labute approximate surface area is 81.0 Å². The van der Waals surface area contributed by atoms with Gasteiger partial charge in [-0.15, -0.1) is 0 Å². The Kier molecular flexibility index (Phi) is 1.44. The first-order chi connectivity index (χ1) is 6.95. The molecule has 0 aromatic carbocycles. The summed E-state index contributed by atoms with van der Waals surface area (Å²) in [5.74, 6) is 0. The average molecular weight is 183 g/mol. The lowest BCUT2D eigenvalue weighted by Gasteiger charge is -1.97. The first-order valence-electron chi connectivity index (χ1n) is 4.50. The number of rotatable bonds is 1. The smallest absolute Gasteiger partial charge is 0.137 e. The molecule has 0 spiro atoms. The van der Waals surface area contributed by atoms with E-state index >= 15 is 0 Å². The van der Waals surface area contributed by atoms with E-state index in [0.717, 1.165) is 16.9 Å². The fraction of sp³-hybridized carbons (Fsp3) is 0. The van der Waals surface area contributed by atoms with Gasteiger partial charge < -0.3 is 4.98 Å². The van der Waals surface area contributed by atoms with Gasteiger partial charge in [0.2, 0.25) is 0 Å². The second-order valence-corrected chi connectivity index (χ2v) is 3.17. The van der Waals surface area contributed by atoms with Crippen LogP contribution in [-0.4, -0.2) is 14.4 Å². The monoisotopic (exact) mass is 183 g/mol. The van der Waals surface area contributed by atoms with Crippen LogP contribution >= 0.6 is 0 Å². The summed E-state index contributed by atoms with van der Waals surface area (Å²) < 4.78 is 2.07. The van der Waals surface area contributed by atoms with Crippen molar-refractivity contribution in [3.8, 4) is 11.3 Å². The molecule has 3 aromatic heterocycles. The Morgan fingerprint density at radius 1 is 1.21 bits per heavy atom. The molecule has 3 aromatic rings. The van der Waals surface area contributed by atoms with Crippen LogP contribution in [0.25, 0.3) is 16.9 Å². The third kappa shape index (κ3) is 0.956. The van der Waals surface area contributed by atoms with E-state index in [1.807, 2.05) is 49.1 Å². The Hall–Kier alpha value is -2.03. The minimum atomic E-state index is 0.976. The van der Waals surface area contributed by atoms with Gasteiger partial charge in [-0.05, 0) is 18.2 Å². The van der Waals surface area contributed by atoms with Crippen LogP contribution in [0.4, 0.5) is 0 Å². The van der Waals surface area contributed by atoms with Gasteiger partial charge in [0.05, 0.1) is 11.9 Å². The third-order valence-electron chi connectivity index (χ3n) is 2.31. The first-order valence-corrected chi connectivity index (χ1v) is 4.50. The van der Waals surface area contributed by atoms with E-state index in [-0.39, 0.29) is 0 Å². The second kappa shape index (κ2) is 2.73. The van der Waals surface area contributed by atoms with Crippen molar-refractivity contribution in [3.05, 3.63) is 49.1 Å². The predicted octanol–water partition coefficient (Wildman–Crippen LogP) is 2.33. The molecule has 0 saturated heterocycles. The minimum Gasteiger partial charge on any atom is -0.367 e. The van der Waals surface area contributed by atoms with Crippen molar-refractivity contribution >= 4 is 5.65 Å². The molecule has 0 bridgehead atoms. The van der Waals surface area contributed by atoms with E-state index in [1.54, 1.807) is 0 Å². The molecule has 0 aliphatic heterocycles. The largest absolute Gasteiger partial charge is 0.367 e. The van der Waals surface area contributed by atoms with Crippen molar-refractivity contribution in [2.45, 2.75) is 0 Å². The number of aromatic nitrogens is 3. The van der Waals surface area contributed by atoms with Crippen LogP contribution in [0.2, 0.25) is 0 Å². The highest BCUT2D eigenvalue weighted by Gasteiger charge is 2.03. The van der Waals surface area contributed by atoms with Gasteiger partial charge in [-0.3, -0.25) is 4.40 Å². The molecule has 3 rings (SSSR count). The summed E-state index contributed by atoms with van der Waals surface area (Å²) >= 11 is 0. The lowest BCUT2D eigenvalue weighted by atomic mass is 10.2. The molecule has 68 valence electrons. The molecule has 0 unspecified atom stereocenters. The van der Waals surface area contributed by atoms with Gasteiger partial charge in [-0.1, -0.05) is 6.07 Å². The molecule has 3 heteroatoms. The molecule has 1 N–H and O–H groups in total. The maximum absolute atomic E-state index is 4.32. The maximum atomic E-state index is 4.32. The molecule has 0 radical (unpaired) electrons. The molecular formula is C11H9N3. The van der Waals surface area contributed by atoms with Gasteiger partial charge in [0.15, 0.2) is 0 Å². The summed E-state index contributed by atoms with van der Waals surface area (Å²) in [4.78, 5) is 7.37. The standard InChI is InChI=1S/C11H9N3/c1-2-6-14-10(8-13-11(14)3-1)9-4-5-12-7-9/h1-8,12H. The quantitative estimate of drug-likeness (QED) is 0.617. The highest BCUT2D eigenvalue weighted by atomic mass is 15.0. The highest BCUT2D eigenvalue weighted by molar-refractivity contribution is 5.62. The fourth-order valence-corrected chi connectivity index (χ4v) is 1.63. The Balaban J connectivity index is 2.33. The topological polar surface area (TPSA) is 33.1 Å². The van der Waals surface area contributed by atoms with Crippen molar-refractivity contribution in [2.75, 3.05) is 0 Å². The van der Waals surface area contributed by atoms with Gasteiger partial charge in [-0.25, -0.2) is 4.98 Å². The van der Waals surface area contributed by atoms with Crippen LogP contribution in [0.5, 0.6) is 0 Å². The zero-order chi connectivity index (χ0) is 9.38. The zero-order valence-electron chi connectivity index (χ0n) is 7.51. The number of hydrogen-bond acceptors (Lipinski definition) is 1. The van der Waals surface area contributed by atoms with E-state index in [4.69, 9.17) is 0 Å². The summed E-state index contributed by atoms with van der Waals surface area (Å²) in [6, 6.07) is 8.03. The third-order valence-corrected chi connectivity index (χ3v) is 2.31. The van der Waals surface area contributed by atoms with Crippen molar-refractivity contribution in [1.82, 2.24) is 14.4 Å². The number of nitrogens with one attached hydrogen (secondary N) is 1. The molecule has 0 aliphatic carbocycles. The molecule has 0 amide bonds.